The van der Waals surface area contributed by atoms with E-state index in [0.717, 1.165) is 38.4 Å². The number of nitrogens with one attached hydrogen (secondary N) is 1. The number of pyridine rings is 1. The largest absolute Gasteiger partial charge is 0.385 e. The van der Waals surface area contributed by atoms with Crippen LogP contribution in [0, 0.1) is 0 Å². The van der Waals surface area contributed by atoms with Crippen molar-refractivity contribution in [2.45, 2.75) is 45.8 Å². The van der Waals surface area contributed by atoms with Gasteiger partial charge in [-0.2, -0.15) is 0 Å². The van der Waals surface area contributed by atoms with Gasteiger partial charge in [-0.1, -0.05) is 6.07 Å². The summed E-state index contributed by atoms with van der Waals surface area (Å²) in [5.74, 6) is 0. The fourth-order valence-corrected chi connectivity index (χ4v) is 1.85. The first-order valence-corrected chi connectivity index (χ1v) is 7.27. The van der Waals surface area contributed by atoms with Crippen molar-refractivity contribution in [3.8, 4) is 0 Å². The van der Waals surface area contributed by atoms with E-state index in [1.165, 1.54) is 5.56 Å². The Bertz CT molecular complexity index is 370. The lowest BCUT2D eigenvalue weighted by Gasteiger charge is -2.20. The van der Waals surface area contributed by atoms with Crippen LogP contribution in [0.15, 0.2) is 18.3 Å². The summed E-state index contributed by atoms with van der Waals surface area (Å²) in [6.45, 7) is 10.1. The van der Waals surface area contributed by atoms with Gasteiger partial charge in [0.1, 0.15) is 0 Å². The summed E-state index contributed by atoms with van der Waals surface area (Å²) in [5, 5.41) is 3.47. The molecule has 20 heavy (non-hydrogen) atoms. The molecule has 4 nitrogen and oxygen atoms in total. The lowest BCUT2D eigenvalue weighted by molar-refractivity contribution is 0.178. The predicted octanol–water partition coefficient (Wildman–Crippen LogP) is 2.44. The van der Waals surface area contributed by atoms with E-state index >= 15 is 0 Å². The number of nitrogens with zero attached hydrogens (tertiary/aromatic N) is 2. The molecular formula is C16H29N3O. The zero-order valence-electron chi connectivity index (χ0n) is 13.6. The number of hydrogen-bond donors (Lipinski definition) is 1. The van der Waals surface area contributed by atoms with Gasteiger partial charge in [0, 0.05) is 45.1 Å². The van der Waals surface area contributed by atoms with Crippen LogP contribution < -0.4 is 5.32 Å². The third kappa shape index (κ3) is 7.58. The fraction of sp³-hybridized carbons (Fsp3) is 0.688. The van der Waals surface area contributed by atoms with Crippen LogP contribution in [0.3, 0.4) is 0 Å². The highest BCUT2D eigenvalue weighted by atomic mass is 16.5. The Kier molecular flexibility index (Phi) is 7.13. The first-order valence-electron chi connectivity index (χ1n) is 7.27. The standard InChI is InChI=1S/C16H29N3O/c1-16(2,3)18-12-14-7-8-15(17-11-14)13-19(4)9-6-10-20-5/h7-8,11,18H,6,9-10,12-13H2,1-5H3. The van der Waals surface area contributed by atoms with E-state index in [9.17, 15) is 0 Å². The lowest BCUT2D eigenvalue weighted by atomic mass is 10.1. The van der Waals surface area contributed by atoms with E-state index in [1.54, 1.807) is 7.11 Å². The molecule has 1 N–H and O–H groups in total. The Morgan fingerprint density at radius 2 is 2.05 bits per heavy atom. The number of hydrogen-bond acceptors (Lipinski definition) is 4. The smallest absolute Gasteiger partial charge is 0.0544 e. The maximum absolute atomic E-state index is 5.06. The van der Waals surface area contributed by atoms with Crippen LogP contribution in [0.1, 0.15) is 38.4 Å². The van der Waals surface area contributed by atoms with Gasteiger partial charge in [-0.05, 0) is 45.9 Å². The van der Waals surface area contributed by atoms with Crippen molar-refractivity contribution in [2.75, 3.05) is 27.3 Å². The monoisotopic (exact) mass is 279 g/mol. The highest BCUT2D eigenvalue weighted by Crippen LogP contribution is 2.06. The molecule has 0 atom stereocenters. The maximum Gasteiger partial charge on any atom is 0.0544 e. The lowest BCUT2D eigenvalue weighted by Crippen LogP contribution is -2.35. The molecule has 1 aromatic rings. The van der Waals surface area contributed by atoms with Gasteiger partial charge in [0.15, 0.2) is 0 Å². The summed E-state index contributed by atoms with van der Waals surface area (Å²) >= 11 is 0. The molecular weight excluding hydrogens is 250 g/mol. The van der Waals surface area contributed by atoms with Gasteiger partial charge in [-0.25, -0.2) is 0 Å². The van der Waals surface area contributed by atoms with E-state index < -0.39 is 0 Å². The van der Waals surface area contributed by atoms with Crippen molar-refractivity contribution in [2.24, 2.45) is 0 Å². The zero-order chi connectivity index (χ0) is 15.0. The molecule has 0 aliphatic carbocycles. The Balaban J connectivity index is 2.38. The van der Waals surface area contributed by atoms with E-state index in [1.807, 2.05) is 6.20 Å². The minimum Gasteiger partial charge on any atom is -0.385 e. The van der Waals surface area contributed by atoms with E-state index in [2.05, 4.69) is 55.2 Å². The van der Waals surface area contributed by atoms with Crippen molar-refractivity contribution in [3.05, 3.63) is 29.6 Å². The first kappa shape index (κ1) is 17.1. The van der Waals surface area contributed by atoms with Gasteiger partial charge in [0.25, 0.3) is 0 Å². The second-order valence-electron chi connectivity index (χ2n) is 6.35. The van der Waals surface area contributed by atoms with Crippen LogP contribution in [-0.4, -0.2) is 42.7 Å². The quantitative estimate of drug-likeness (QED) is 0.742. The maximum atomic E-state index is 5.06. The van der Waals surface area contributed by atoms with Crippen LogP contribution in [0.25, 0.3) is 0 Å². The Morgan fingerprint density at radius 1 is 1.30 bits per heavy atom. The number of rotatable bonds is 8. The fourth-order valence-electron chi connectivity index (χ4n) is 1.85. The molecule has 4 heteroatoms. The van der Waals surface area contributed by atoms with Gasteiger partial charge in [0.05, 0.1) is 5.69 Å². The molecule has 0 unspecified atom stereocenters. The highest BCUT2D eigenvalue weighted by Gasteiger charge is 2.08. The third-order valence-corrected chi connectivity index (χ3v) is 3.03. The third-order valence-electron chi connectivity index (χ3n) is 3.03. The highest BCUT2D eigenvalue weighted by molar-refractivity contribution is 5.14. The minimum absolute atomic E-state index is 0.139. The molecule has 0 aromatic carbocycles. The molecule has 0 bridgehead atoms. The summed E-state index contributed by atoms with van der Waals surface area (Å²) in [4.78, 5) is 6.81. The Labute approximate surface area is 123 Å². The van der Waals surface area contributed by atoms with E-state index in [4.69, 9.17) is 4.74 Å². The second kappa shape index (κ2) is 8.35. The number of methoxy groups -OCH3 is 1. The van der Waals surface area contributed by atoms with Crippen LogP contribution in [0.4, 0.5) is 0 Å². The van der Waals surface area contributed by atoms with E-state index in [0.29, 0.717) is 0 Å². The first-order chi connectivity index (χ1) is 9.40. The molecule has 0 aliphatic rings. The number of ether oxygens (including phenoxy) is 1. The zero-order valence-corrected chi connectivity index (χ0v) is 13.6. The summed E-state index contributed by atoms with van der Waals surface area (Å²) < 4.78 is 5.06. The molecule has 0 aliphatic heterocycles. The molecule has 1 aromatic heterocycles. The molecule has 114 valence electrons. The molecule has 0 saturated carbocycles. The molecule has 0 fully saturated rings. The van der Waals surface area contributed by atoms with Crippen molar-refractivity contribution in [1.82, 2.24) is 15.2 Å². The summed E-state index contributed by atoms with van der Waals surface area (Å²) in [6.07, 6.45) is 3.03. The second-order valence-corrected chi connectivity index (χ2v) is 6.35. The molecule has 0 spiro atoms. The molecule has 0 radical (unpaired) electrons. The van der Waals surface area contributed by atoms with Gasteiger partial charge in [-0.3, -0.25) is 4.98 Å². The van der Waals surface area contributed by atoms with Crippen molar-refractivity contribution >= 4 is 0 Å². The molecule has 1 heterocycles. The van der Waals surface area contributed by atoms with Gasteiger partial charge in [0.2, 0.25) is 0 Å². The van der Waals surface area contributed by atoms with E-state index in [-0.39, 0.29) is 5.54 Å². The van der Waals surface area contributed by atoms with Crippen molar-refractivity contribution in [3.63, 3.8) is 0 Å². The molecule has 1 rings (SSSR count). The Morgan fingerprint density at radius 3 is 2.60 bits per heavy atom. The van der Waals surface area contributed by atoms with Crippen LogP contribution >= 0.6 is 0 Å². The number of aromatic nitrogens is 1. The minimum atomic E-state index is 0.139. The SMILES string of the molecule is COCCCN(C)Cc1ccc(CNC(C)(C)C)cn1. The van der Waals surface area contributed by atoms with Gasteiger partial charge in [-0.15, -0.1) is 0 Å². The van der Waals surface area contributed by atoms with Gasteiger partial charge < -0.3 is 15.0 Å². The summed E-state index contributed by atoms with van der Waals surface area (Å²) in [7, 11) is 3.86. The Hall–Kier alpha value is -0.970. The normalized spacial score (nSPS) is 12.1. The predicted molar refractivity (Wildman–Crippen MR) is 83.7 cm³/mol. The van der Waals surface area contributed by atoms with Crippen LogP contribution in [-0.2, 0) is 17.8 Å². The van der Waals surface area contributed by atoms with Gasteiger partial charge >= 0.3 is 0 Å². The topological polar surface area (TPSA) is 37.4 Å². The average Bonchev–Trinajstić information content (AvgIpc) is 2.37. The molecule has 0 saturated heterocycles. The van der Waals surface area contributed by atoms with Crippen LogP contribution in [0.2, 0.25) is 0 Å². The van der Waals surface area contributed by atoms with Crippen LogP contribution in [0.5, 0.6) is 0 Å². The summed E-state index contributed by atoms with van der Waals surface area (Å²) in [6, 6.07) is 4.27. The van der Waals surface area contributed by atoms with Crippen molar-refractivity contribution in [1.29, 1.82) is 0 Å². The van der Waals surface area contributed by atoms with Crippen molar-refractivity contribution < 1.29 is 4.74 Å². The molecule has 0 amide bonds. The average molecular weight is 279 g/mol. The summed E-state index contributed by atoms with van der Waals surface area (Å²) in [5.41, 5.74) is 2.48.